The van der Waals surface area contributed by atoms with Crippen molar-refractivity contribution in [1.29, 1.82) is 0 Å². The molecule has 0 aliphatic carbocycles. The summed E-state index contributed by atoms with van der Waals surface area (Å²) >= 11 is 0. The maximum atomic E-state index is 8.17. The molecule has 0 N–H and O–H groups in total. The van der Waals surface area contributed by atoms with E-state index < -0.39 is 26.4 Å². The van der Waals surface area contributed by atoms with E-state index in [4.69, 9.17) is 13.7 Å². The minimum Gasteiger partial charge on any atom is -0.201 e. The van der Waals surface area contributed by atoms with Gasteiger partial charge in [-0.25, -0.2) is 22.8 Å². The van der Waals surface area contributed by atoms with Gasteiger partial charge < -0.3 is 0 Å². The molecule has 1 atom stereocenters. The Hall–Kier alpha value is -8.15. The molecule has 0 saturated heterocycles. The highest BCUT2D eigenvalue weighted by Crippen LogP contribution is 2.28. The fourth-order valence-electron chi connectivity index (χ4n) is 10.2. The van der Waals surface area contributed by atoms with Gasteiger partial charge in [0.2, 0.25) is 28.5 Å². The maximum absolute atomic E-state index is 8.17. The van der Waals surface area contributed by atoms with Gasteiger partial charge in [0.05, 0.1) is 0 Å². The van der Waals surface area contributed by atoms with E-state index in [0.29, 0.717) is 23.0 Å². The normalized spacial score (nSPS) is 12.9. The first-order chi connectivity index (χ1) is 43.6. The van der Waals surface area contributed by atoms with Crippen molar-refractivity contribution in [2.24, 2.45) is 41.2 Å². The largest absolute Gasteiger partial charge is 0.212 e. The quantitative estimate of drug-likeness (QED) is 0.122. The van der Waals surface area contributed by atoms with Crippen LogP contribution in [0.2, 0.25) is 0 Å². The summed E-state index contributed by atoms with van der Waals surface area (Å²) in [6.45, 7) is 14.4. The fourth-order valence-corrected chi connectivity index (χ4v) is 10.2. The molecule has 0 spiro atoms. The highest BCUT2D eigenvalue weighted by atomic mass is 14.9. The fraction of sp³-hybridized carbons (Fsp3) is 0.337. The molecule has 5 nitrogen and oxygen atoms in total. The Morgan fingerprint density at radius 1 is 0.364 bits per heavy atom. The van der Waals surface area contributed by atoms with Crippen LogP contribution in [0, 0.1) is 47.4 Å². The van der Waals surface area contributed by atoms with E-state index in [9.17, 15) is 0 Å². The second-order valence-corrected chi connectivity index (χ2v) is 22.5. The Balaban J connectivity index is 0.000000606. The second kappa shape index (κ2) is 37.5. The van der Waals surface area contributed by atoms with E-state index in [-0.39, 0.29) is 43.6 Å². The summed E-state index contributed by atoms with van der Waals surface area (Å²) in [5, 5.41) is 0. The topological polar surface area (TPSA) is 19.4 Å². The molecule has 10 rings (SSSR count). The summed E-state index contributed by atoms with van der Waals surface area (Å²) < 4.78 is 85.4. The summed E-state index contributed by atoms with van der Waals surface area (Å²) in [6.07, 6.45) is 11.4. The van der Waals surface area contributed by atoms with Gasteiger partial charge in [-0.15, -0.1) is 0 Å². The third-order valence-corrected chi connectivity index (χ3v) is 14.9. The SMILES string of the molecule is C.C.C.C.C.Cc1cc(C(C)C)ccc1-c1cccc[n+]1C.Cc1cc(CC(C)C)ccc1-c1cccc[n+]1C.[2H]C([2H])([2H])C([2H])(C)c1ccc(-c2cccc[n+]2C)c(C)c1.[2H]C([2H])([2H])Cc1ccc(-c2cccc[n+]2C)c(C)c1.[2H]C([2H])([2H])c1ccc(-c2cccc[n+]2C)c(C)c1. The lowest BCUT2D eigenvalue weighted by atomic mass is 9.96. The number of nitrogens with zero attached hydrogens (tertiary/aromatic N) is 5. The van der Waals surface area contributed by atoms with Crippen LogP contribution in [0.1, 0.15) is 167 Å². The molecule has 5 heteroatoms. The molecule has 5 heterocycles. The van der Waals surface area contributed by atoms with E-state index in [1.807, 2.05) is 155 Å². The average Bonchev–Trinajstić information content (AvgIpc) is 0.789. The van der Waals surface area contributed by atoms with E-state index >= 15 is 0 Å². The molecule has 0 aliphatic heterocycles. The zero-order valence-corrected chi connectivity index (χ0v) is 52.0. The number of benzene rings is 5. The maximum Gasteiger partial charge on any atom is 0.212 e. The Labute approximate surface area is 551 Å². The summed E-state index contributed by atoms with van der Waals surface area (Å²) in [5.41, 5.74) is 22.0. The van der Waals surface area contributed by atoms with Crippen LogP contribution >= 0.6 is 0 Å². The molecule has 10 aromatic rings. The summed E-state index contributed by atoms with van der Waals surface area (Å²) in [5.74, 6) is -0.301. The monoisotopic (exact) mass is 1190 g/mol. The van der Waals surface area contributed by atoms with Crippen LogP contribution in [-0.4, -0.2) is 0 Å². The zero-order valence-electron chi connectivity index (χ0n) is 62.0. The average molecular weight is 1190 g/mol. The summed E-state index contributed by atoms with van der Waals surface area (Å²) in [6, 6.07) is 60.9. The lowest BCUT2D eigenvalue weighted by molar-refractivity contribution is -0.660. The predicted octanol–water partition coefficient (Wildman–Crippen LogP) is 19.9. The van der Waals surface area contributed by atoms with Crippen LogP contribution in [0.25, 0.3) is 56.3 Å². The number of rotatable bonds is 10. The Kier molecular flexibility index (Phi) is 26.2. The standard InChI is InChI=1S/C17H22N.2C16H20N.C15H18N.C14H16N.5CH4/c1-13(2)11-15-8-9-16(14(3)12-15)17-7-5-6-10-18(17)4;2*1-12(2)14-8-9-15(13(3)11-14)16-7-5-6-10-17(16)4;1-4-13-8-9-14(12(2)11-13)15-7-5-6-10-16(15)3;1-11-7-8-13(12(2)10-11)14-6-4-5-9-15(14)3;;;;;/h5-10,12-13H,11H2,1-4H3;2*5-12H,1-4H3;5-11H,4H2,1-3H3;4-10H,1-3H3;5*1H4/q5*+1;;;;;/i;1D3,12D;;2*1D3;;;;;. The molecule has 5 aromatic carbocycles. The molecule has 0 fully saturated rings. The third-order valence-electron chi connectivity index (χ3n) is 14.9. The zero-order chi connectivity index (χ0) is 68.8. The molecule has 468 valence electrons. The van der Waals surface area contributed by atoms with Crippen LogP contribution in [0.5, 0.6) is 0 Å². The molecule has 0 amide bonds. The molecule has 1 unspecified atom stereocenters. The minimum atomic E-state index is -2.35. The van der Waals surface area contributed by atoms with Gasteiger partial charge in [-0.3, -0.25) is 0 Å². The van der Waals surface area contributed by atoms with Crippen LogP contribution in [0.4, 0.5) is 0 Å². The van der Waals surface area contributed by atoms with Gasteiger partial charge in [-0.05, 0) is 183 Å². The lowest BCUT2D eigenvalue weighted by Gasteiger charge is -2.09. The van der Waals surface area contributed by atoms with Crippen LogP contribution in [-0.2, 0) is 48.1 Å². The Morgan fingerprint density at radius 2 is 0.682 bits per heavy atom. The molecular weight excluding hydrogens is 1070 g/mol. The van der Waals surface area contributed by atoms with Crippen LogP contribution < -0.4 is 22.8 Å². The number of pyridine rings is 5. The van der Waals surface area contributed by atoms with Crippen molar-refractivity contribution in [3.05, 3.63) is 269 Å². The van der Waals surface area contributed by atoms with Gasteiger partial charge in [0.1, 0.15) is 35.2 Å². The molecule has 5 aromatic heterocycles. The first kappa shape index (κ1) is 61.5. The van der Waals surface area contributed by atoms with Crippen molar-refractivity contribution < 1.29 is 36.5 Å². The molecule has 0 aliphatic rings. The number of hydrogen-bond acceptors (Lipinski definition) is 0. The number of hydrogen-bond donors (Lipinski definition) is 0. The Bertz CT molecular complexity index is 4120. The molecular formula is C83H116N5+5. The Morgan fingerprint density at radius 3 is 0.989 bits per heavy atom. The third kappa shape index (κ3) is 21.6. The first-order valence-corrected chi connectivity index (χ1v) is 28.8. The highest BCUT2D eigenvalue weighted by Gasteiger charge is 2.16. The van der Waals surface area contributed by atoms with Crippen molar-refractivity contribution >= 4 is 0 Å². The predicted molar refractivity (Wildman–Crippen MR) is 383 cm³/mol. The second-order valence-electron chi connectivity index (χ2n) is 22.5. The molecule has 0 saturated carbocycles. The minimum absolute atomic E-state index is 0. The van der Waals surface area contributed by atoms with E-state index in [1.54, 1.807) is 18.2 Å². The van der Waals surface area contributed by atoms with Gasteiger partial charge >= 0.3 is 0 Å². The van der Waals surface area contributed by atoms with Gasteiger partial charge in [0, 0.05) is 102 Å². The van der Waals surface area contributed by atoms with Crippen LogP contribution in [0.3, 0.4) is 0 Å². The van der Waals surface area contributed by atoms with Crippen molar-refractivity contribution in [1.82, 2.24) is 0 Å². The summed E-state index contributed by atoms with van der Waals surface area (Å²) in [7, 11) is 10.1. The summed E-state index contributed by atoms with van der Waals surface area (Å²) in [4.78, 5) is 0. The van der Waals surface area contributed by atoms with E-state index in [1.165, 1.54) is 51.7 Å². The van der Waals surface area contributed by atoms with Crippen LogP contribution in [0.15, 0.2) is 213 Å². The number of aryl methyl sites for hydroxylation is 12. The van der Waals surface area contributed by atoms with Gasteiger partial charge in [-0.1, -0.05) is 152 Å². The van der Waals surface area contributed by atoms with Gasteiger partial charge in [-0.2, -0.15) is 0 Å². The van der Waals surface area contributed by atoms with Gasteiger partial charge in [0.25, 0.3) is 0 Å². The van der Waals surface area contributed by atoms with Crippen molar-refractivity contribution in [2.45, 2.75) is 152 Å². The molecule has 0 bridgehead atoms. The first-order valence-electron chi connectivity index (χ1n) is 33.8. The molecule has 88 heavy (non-hydrogen) atoms. The number of aromatic nitrogens is 5. The van der Waals surface area contributed by atoms with Gasteiger partial charge in [0.15, 0.2) is 31.0 Å². The smallest absolute Gasteiger partial charge is 0.201 e. The van der Waals surface area contributed by atoms with Crippen molar-refractivity contribution in [3.63, 3.8) is 0 Å². The molecule has 0 radical (unpaired) electrons. The highest BCUT2D eigenvalue weighted by molar-refractivity contribution is 5.65. The van der Waals surface area contributed by atoms with Crippen molar-refractivity contribution in [3.8, 4) is 56.3 Å². The lowest BCUT2D eigenvalue weighted by Crippen LogP contribution is -2.30. The van der Waals surface area contributed by atoms with Crippen molar-refractivity contribution in [2.75, 3.05) is 0 Å². The van der Waals surface area contributed by atoms with E-state index in [2.05, 4.69) is 161 Å². The van der Waals surface area contributed by atoms with E-state index in [0.717, 1.165) is 62.4 Å².